The van der Waals surface area contributed by atoms with Crippen molar-refractivity contribution in [2.75, 3.05) is 18.4 Å². The fourth-order valence-electron chi connectivity index (χ4n) is 3.73. The number of carbonyl (C=O) groups excluding carboxylic acids is 1. The quantitative estimate of drug-likeness (QED) is 0.680. The second-order valence-corrected chi connectivity index (χ2v) is 8.06. The Morgan fingerprint density at radius 2 is 2.00 bits per heavy atom. The molecule has 1 aliphatic rings. The number of rotatable bonds is 4. The largest absolute Gasteiger partial charge is 0.330 e. The van der Waals surface area contributed by atoms with Crippen LogP contribution in [-0.4, -0.2) is 33.4 Å². The summed E-state index contributed by atoms with van der Waals surface area (Å²) in [6.45, 7) is 2.55. The topological polar surface area (TPSA) is 50.2 Å². The highest BCUT2D eigenvalue weighted by atomic mass is 79.9. The van der Waals surface area contributed by atoms with Gasteiger partial charge in [0.05, 0.1) is 23.5 Å². The van der Waals surface area contributed by atoms with Crippen molar-refractivity contribution in [3.63, 3.8) is 0 Å². The third kappa shape index (κ3) is 4.06. The number of halogens is 1. The number of fused-ring (bicyclic) bond motifs is 1. The number of carbonyl (C=O) groups is 1. The second kappa shape index (κ2) is 7.82. The number of hydrogen-bond acceptors (Lipinski definition) is 3. The molecule has 5 nitrogen and oxygen atoms in total. The summed E-state index contributed by atoms with van der Waals surface area (Å²) in [4.78, 5) is 19.8. The molecule has 0 unspecified atom stereocenters. The lowest BCUT2D eigenvalue weighted by Gasteiger charge is -2.31. The monoisotopic (exact) mass is 426 g/mol. The molecule has 1 aromatic heterocycles. The van der Waals surface area contributed by atoms with Gasteiger partial charge >= 0.3 is 0 Å². The fraction of sp³-hybridized carbons (Fsp3) is 0.333. The number of anilines is 1. The molecule has 1 amide bonds. The summed E-state index contributed by atoms with van der Waals surface area (Å²) >= 11 is 3.42. The van der Waals surface area contributed by atoms with Crippen molar-refractivity contribution >= 4 is 38.6 Å². The first-order valence-corrected chi connectivity index (χ1v) is 10.1. The molecule has 2 heterocycles. The highest BCUT2D eigenvalue weighted by Crippen LogP contribution is 2.22. The van der Waals surface area contributed by atoms with E-state index >= 15 is 0 Å². The lowest BCUT2D eigenvalue weighted by atomic mass is 9.97. The van der Waals surface area contributed by atoms with Gasteiger partial charge in [0, 0.05) is 23.8 Å². The van der Waals surface area contributed by atoms with Crippen LogP contribution in [0.5, 0.6) is 0 Å². The average Bonchev–Trinajstić information content (AvgIpc) is 3.00. The summed E-state index contributed by atoms with van der Waals surface area (Å²) in [5.74, 6) is 1.16. The number of piperidine rings is 1. The van der Waals surface area contributed by atoms with Crippen molar-refractivity contribution < 1.29 is 4.79 Å². The van der Waals surface area contributed by atoms with E-state index in [9.17, 15) is 4.79 Å². The summed E-state index contributed by atoms with van der Waals surface area (Å²) in [7, 11) is 2.06. The zero-order valence-corrected chi connectivity index (χ0v) is 16.9. The summed E-state index contributed by atoms with van der Waals surface area (Å²) in [6, 6.07) is 15.9. The molecule has 27 heavy (non-hydrogen) atoms. The molecule has 1 fully saturated rings. The van der Waals surface area contributed by atoms with Crippen LogP contribution in [0.4, 0.5) is 5.69 Å². The number of benzene rings is 2. The molecule has 0 aliphatic carbocycles. The molecule has 1 aliphatic heterocycles. The summed E-state index contributed by atoms with van der Waals surface area (Å²) in [5.41, 5.74) is 3.02. The Labute approximate surface area is 167 Å². The van der Waals surface area contributed by atoms with Gasteiger partial charge in [0.2, 0.25) is 5.91 Å². The molecule has 4 rings (SSSR count). The van der Waals surface area contributed by atoms with E-state index in [2.05, 4.69) is 43.8 Å². The van der Waals surface area contributed by atoms with Gasteiger partial charge in [-0.25, -0.2) is 4.98 Å². The molecular formula is C21H23BrN4O. The predicted octanol–water partition coefficient (Wildman–Crippen LogP) is 4.19. The van der Waals surface area contributed by atoms with Gasteiger partial charge < -0.3 is 9.88 Å². The number of hydrogen-bond donors (Lipinski definition) is 1. The van der Waals surface area contributed by atoms with E-state index in [-0.39, 0.29) is 11.8 Å². The Morgan fingerprint density at radius 3 is 2.78 bits per heavy atom. The lowest BCUT2D eigenvalue weighted by Crippen LogP contribution is -2.40. The standard InChI is InChI=1S/C21H23BrN4O/c1-25-19-7-3-2-6-18(19)24-20(25)14-26-12-4-5-15(13-26)21(27)23-17-10-8-16(22)9-11-17/h2-3,6-11,15H,4-5,12-14H2,1H3,(H,23,27)/t15-/m1/s1. The normalized spacial score (nSPS) is 17.9. The van der Waals surface area contributed by atoms with Crippen LogP contribution < -0.4 is 5.32 Å². The Hall–Kier alpha value is -2.18. The number of nitrogens with zero attached hydrogens (tertiary/aromatic N) is 3. The maximum Gasteiger partial charge on any atom is 0.228 e. The number of para-hydroxylation sites is 2. The molecule has 6 heteroatoms. The Balaban J connectivity index is 1.42. The highest BCUT2D eigenvalue weighted by molar-refractivity contribution is 9.10. The highest BCUT2D eigenvalue weighted by Gasteiger charge is 2.26. The average molecular weight is 427 g/mol. The van der Waals surface area contributed by atoms with Crippen LogP contribution in [0.2, 0.25) is 0 Å². The van der Waals surface area contributed by atoms with Crippen LogP contribution in [0.15, 0.2) is 53.0 Å². The number of likely N-dealkylation sites (tertiary alicyclic amines) is 1. The van der Waals surface area contributed by atoms with E-state index in [1.165, 1.54) is 0 Å². The van der Waals surface area contributed by atoms with Gasteiger partial charge in [-0.2, -0.15) is 0 Å². The fourth-order valence-corrected chi connectivity index (χ4v) is 3.99. The number of imidazole rings is 1. The van der Waals surface area contributed by atoms with Gasteiger partial charge in [-0.3, -0.25) is 9.69 Å². The van der Waals surface area contributed by atoms with Crippen LogP contribution in [-0.2, 0) is 18.4 Å². The zero-order chi connectivity index (χ0) is 18.8. The SMILES string of the molecule is Cn1c(CN2CCC[C@@H](C(=O)Nc3ccc(Br)cc3)C2)nc2ccccc21. The smallest absolute Gasteiger partial charge is 0.228 e. The molecule has 0 spiro atoms. The zero-order valence-electron chi connectivity index (χ0n) is 15.4. The summed E-state index contributed by atoms with van der Waals surface area (Å²) in [5, 5.41) is 3.05. The maximum atomic E-state index is 12.7. The van der Waals surface area contributed by atoms with E-state index < -0.39 is 0 Å². The first kappa shape index (κ1) is 18.2. The summed E-state index contributed by atoms with van der Waals surface area (Å²) < 4.78 is 3.16. The number of amides is 1. The number of aromatic nitrogens is 2. The molecular weight excluding hydrogens is 404 g/mol. The molecule has 0 bridgehead atoms. The molecule has 3 aromatic rings. The van der Waals surface area contributed by atoms with Crippen LogP contribution in [0.1, 0.15) is 18.7 Å². The minimum atomic E-state index is 0.0112. The Kier molecular flexibility index (Phi) is 5.27. The Bertz CT molecular complexity index is 950. The van der Waals surface area contributed by atoms with Crippen LogP contribution >= 0.6 is 15.9 Å². The van der Waals surface area contributed by atoms with Crippen LogP contribution in [0.25, 0.3) is 11.0 Å². The first-order valence-electron chi connectivity index (χ1n) is 9.29. The molecule has 140 valence electrons. The third-order valence-corrected chi connectivity index (χ3v) is 5.76. The van der Waals surface area contributed by atoms with E-state index in [1.807, 2.05) is 42.5 Å². The van der Waals surface area contributed by atoms with Crippen molar-refractivity contribution in [2.45, 2.75) is 19.4 Å². The minimum absolute atomic E-state index is 0.0112. The first-order chi connectivity index (χ1) is 13.1. The number of nitrogens with one attached hydrogen (secondary N) is 1. The molecule has 2 aromatic carbocycles. The predicted molar refractivity (Wildman–Crippen MR) is 111 cm³/mol. The lowest BCUT2D eigenvalue weighted by molar-refractivity contribution is -0.121. The van der Waals surface area contributed by atoms with Gasteiger partial charge in [0.25, 0.3) is 0 Å². The van der Waals surface area contributed by atoms with Crippen molar-refractivity contribution in [1.82, 2.24) is 14.5 Å². The number of aryl methyl sites for hydroxylation is 1. The van der Waals surface area contributed by atoms with Crippen LogP contribution in [0, 0.1) is 5.92 Å². The van der Waals surface area contributed by atoms with Gasteiger partial charge in [-0.15, -0.1) is 0 Å². The van der Waals surface area contributed by atoms with E-state index in [1.54, 1.807) is 0 Å². The minimum Gasteiger partial charge on any atom is -0.330 e. The maximum absolute atomic E-state index is 12.7. The molecule has 0 saturated carbocycles. The third-order valence-electron chi connectivity index (χ3n) is 5.23. The van der Waals surface area contributed by atoms with Crippen molar-refractivity contribution in [1.29, 1.82) is 0 Å². The van der Waals surface area contributed by atoms with Crippen molar-refractivity contribution in [3.05, 3.63) is 58.8 Å². The van der Waals surface area contributed by atoms with Gasteiger partial charge in [-0.1, -0.05) is 28.1 Å². The summed E-state index contributed by atoms with van der Waals surface area (Å²) in [6.07, 6.45) is 1.96. The van der Waals surface area contributed by atoms with Crippen molar-refractivity contribution in [3.8, 4) is 0 Å². The van der Waals surface area contributed by atoms with Gasteiger partial charge in [0.15, 0.2) is 0 Å². The van der Waals surface area contributed by atoms with Gasteiger partial charge in [0.1, 0.15) is 5.82 Å². The van der Waals surface area contributed by atoms with E-state index in [4.69, 9.17) is 4.98 Å². The van der Waals surface area contributed by atoms with Crippen molar-refractivity contribution in [2.24, 2.45) is 13.0 Å². The van der Waals surface area contributed by atoms with Gasteiger partial charge in [-0.05, 0) is 55.8 Å². The van der Waals surface area contributed by atoms with E-state index in [0.717, 1.165) is 59.5 Å². The molecule has 0 radical (unpaired) electrons. The van der Waals surface area contributed by atoms with E-state index in [0.29, 0.717) is 0 Å². The molecule has 1 N–H and O–H groups in total. The molecule has 1 saturated heterocycles. The molecule has 1 atom stereocenters. The second-order valence-electron chi connectivity index (χ2n) is 7.15. The Morgan fingerprint density at radius 1 is 1.22 bits per heavy atom. The van der Waals surface area contributed by atoms with Crippen LogP contribution in [0.3, 0.4) is 0 Å².